The molecule has 0 aromatic heterocycles. The maximum atomic E-state index is 13.5. The van der Waals surface area contributed by atoms with Crippen LogP contribution in [-0.2, 0) is 4.74 Å². The molecular weight excluding hydrogens is 456 g/mol. The molecule has 9 unspecified atom stereocenters. The van der Waals surface area contributed by atoms with E-state index in [0.717, 1.165) is 23.1 Å². The number of aryl methyl sites for hydroxylation is 3. The number of carbonyl (C=O) groups excluding carboxylic acids is 1. The Bertz CT molecular complexity index is 1160. The normalized spacial score (nSPS) is 42.4. The van der Waals surface area contributed by atoms with Gasteiger partial charge in [0, 0.05) is 5.92 Å². The van der Waals surface area contributed by atoms with Gasteiger partial charge in [0.25, 0.3) is 0 Å². The van der Waals surface area contributed by atoms with Gasteiger partial charge in [0.1, 0.15) is 11.7 Å². The van der Waals surface area contributed by atoms with Crippen LogP contribution in [-0.4, -0.2) is 56.9 Å². The van der Waals surface area contributed by atoms with E-state index in [4.69, 9.17) is 4.74 Å². The first-order chi connectivity index (χ1) is 16.7. The SMILES string of the molecule is CC1=CC23C(C)CC4C(C(C=C(CO)C(O)C2(O)C1OC(=O)c1c(C)cc(C)cc1C)C3O)C4(C)C. The van der Waals surface area contributed by atoms with Crippen LogP contribution in [0.4, 0.5) is 0 Å². The third-order valence-corrected chi connectivity index (χ3v) is 10.3. The zero-order chi connectivity index (χ0) is 26.5. The van der Waals surface area contributed by atoms with Gasteiger partial charge < -0.3 is 25.2 Å². The van der Waals surface area contributed by atoms with Gasteiger partial charge in [0.05, 0.1) is 23.7 Å². The van der Waals surface area contributed by atoms with Gasteiger partial charge in [0.15, 0.2) is 6.10 Å². The van der Waals surface area contributed by atoms with E-state index in [0.29, 0.717) is 17.1 Å². The summed E-state index contributed by atoms with van der Waals surface area (Å²) in [6, 6.07) is 3.83. The molecule has 0 aliphatic heterocycles. The molecular formula is C30H40O6. The zero-order valence-corrected chi connectivity index (χ0v) is 22.4. The topological polar surface area (TPSA) is 107 Å². The van der Waals surface area contributed by atoms with Crippen LogP contribution in [0.25, 0.3) is 0 Å². The molecule has 0 heterocycles. The van der Waals surface area contributed by atoms with E-state index >= 15 is 0 Å². The molecule has 2 fully saturated rings. The van der Waals surface area contributed by atoms with E-state index in [2.05, 4.69) is 13.8 Å². The fourth-order valence-corrected chi connectivity index (χ4v) is 8.57. The minimum atomic E-state index is -2.03. The number of rotatable bonds is 3. The number of carbonyl (C=O) groups is 1. The average Bonchev–Trinajstić information content (AvgIpc) is 3.27. The highest BCUT2D eigenvalue weighted by molar-refractivity contribution is 5.93. The van der Waals surface area contributed by atoms with Crippen molar-refractivity contribution in [3.8, 4) is 0 Å². The summed E-state index contributed by atoms with van der Waals surface area (Å²) in [5, 5.41) is 46.5. The Kier molecular flexibility index (Phi) is 5.70. The van der Waals surface area contributed by atoms with Crippen molar-refractivity contribution < 1.29 is 30.0 Å². The summed E-state index contributed by atoms with van der Waals surface area (Å²) >= 11 is 0. The minimum Gasteiger partial charge on any atom is -0.451 e. The molecule has 1 aromatic carbocycles. The molecule has 5 rings (SSSR count). The molecule has 4 N–H and O–H groups in total. The molecule has 0 radical (unpaired) electrons. The summed E-state index contributed by atoms with van der Waals surface area (Å²) < 4.78 is 6.07. The van der Waals surface area contributed by atoms with E-state index in [9.17, 15) is 25.2 Å². The van der Waals surface area contributed by atoms with E-state index < -0.39 is 41.9 Å². The molecule has 196 valence electrons. The van der Waals surface area contributed by atoms with E-state index in [1.54, 1.807) is 13.0 Å². The highest BCUT2D eigenvalue weighted by Crippen LogP contribution is 2.72. The second-order valence-corrected chi connectivity index (χ2v) is 12.6. The standard InChI is InChI=1S/C30H40O6/c1-14-8-15(2)22(16(3)9-14)27(34)36-26-17(4)12-29-18(5)10-21-23(28(21,6)7)20(25(29)33)11-19(13-31)24(32)30(26,29)35/h8-9,11-12,18,20-21,23-26,31-33,35H,10,13H2,1-7H3. The second kappa shape index (κ2) is 8.00. The van der Waals surface area contributed by atoms with Gasteiger partial charge in [0.2, 0.25) is 0 Å². The summed E-state index contributed by atoms with van der Waals surface area (Å²) in [6.45, 7) is 13.4. The highest BCUT2D eigenvalue weighted by Gasteiger charge is 2.76. The Labute approximate surface area is 213 Å². The van der Waals surface area contributed by atoms with Gasteiger partial charge in [-0.3, -0.25) is 0 Å². The first-order valence-electron chi connectivity index (χ1n) is 13.1. The Balaban J connectivity index is 1.63. The van der Waals surface area contributed by atoms with Crippen molar-refractivity contribution in [2.75, 3.05) is 6.61 Å². The van der Waals surface area contributed by atoms with Crippen molar-refractivity contribution in [1.29, 1.82) is 0 Å². The molecule has 9 atom stereocenters. The summed E-state index contributed by atoms with van der Waals surface area (Å²) in [5.74, 6) is -0.565. The van der Waals surface area contributed by atoms with Gasteiger partial charge in [-0.2, -0.15) is 0 Å². The van der Waals surface area contributed by atoms with Crippen LogP contribution in [0.3, 0.4) is 0 Å². The van der Waals surface area contributed by atoms with Crippen LogP contribution < -0.4 is 0 Å². The number of benzene rings is 1. The van der Waals surface area contributed by atoms with Gasteiger partial charge in [-0.05, 0) is 79.6 Å². The lowest BCUT2D eigenvalue weighted by molar-refractivity contribution is -0.215. The van der Waals surface area contributed by atoms with E-state index in [1.165, 1.54) is 0 Å². The fraction of sp³-hybridized carbons (Fsp3) is 0.633. The largest absolute Gasteiger partial charge is 0.451 e. The van der Waals surface area contributed by atoms with Gasteiger partial charge in [-0.1, -0.05) is 50.6 Å². The van der Waals surface area contributed by atoms with Gasteiger partial charge in [-0.25, -0.2) is 4.79 Å². The minimum absolute atomic E-state index is 0.0235. The lowest BCUT2D eigenvalue weighted by atomic mass is 9.58. The quantitative estimate of drug-likeness (QED) is 0.378. The maximum Gasteiger partial charge on any atom is 0.339 e. The molecule has 4 aliphatic rings. The van der Waals surface area contributed by atoms with Crippen molar-refractivity contribution in [2.24, 2.45) is 34.5 Å². The number of hydrogen-bond donors (Lipinski definition) is 4. The van der Waals surface area contributed by atoms with Crippen molar-refractivity contribution in [2.45, 2.75) is 78.8 Å². The van der Waals surface area contributed by atoms with Crippen molar-refractivity contribution in [3.05, 3.63) is 57.7 Å². The number of aliphatic hydroxyl groups is 4. The predicted octanol–water partition coefficient (Wildman–Crippen LogP) is 3.40. The number of aliphatic hydroxyl groups excluding tert-OH is 3. The van der Waals surface area contributed by atoms with Crippen LogP contribution in [0, 0.1) is 55.3 Å². The highest BCUT2D eigenvalue weighted by atomic mass is 16.6. The summed E-state index contributed by atoms with van der Waals surface area (Å²) in [4.78, 5) is 13.5. The average molecular weight is 497 g/mol. The summed E-state index contributed by atoms with van der Waals surface area (Å²) in [7, 11) is 0. The molecule has 6 nitrogen and oxygen atoms in total. The van der Waals surface area contributed by atoms with Crippen molar-refractivity contribution in [1.82, 2.24) is 0 Å². The maximum absolute atomic E-state index is 13.5. The molecule has 1 spiro atoms. The van der Waals surface area contributed by atoms with Crippen LogP contribution in [0.5, 0.6) is 0 Å². The van der Waals surface area contributed by atoms with Crippen LogP contribution in [0.15, 0.2) is 35.4 Å². The molecule has 4 aliphatic carbocycles. The van der Waals surface area contributed by atoms with Crippen LogP contribution in [0.1, 0.15) is 61.2 Å². The molecule has 1 aromatic rings. The monoisotopic (exact) mass is 496 g/mol. The molecule has 2 bridgehead atoms. The number of esters is 1. The van der Waals surface area contributed by atoms with Crippen LogP contribution >= 0.6 is 0 Å². The summed E-state index contributed by atoms with van der Waals surface area (Å²) in [5.41, 5.74) is 0.670. The molecule has 36 heavy (non-hydrogen) atoms. The Morgan fingerprint density at radius 3 is 2.31 bits per heavy atom. The molecule has 6 heteroatoms. The van der Waals surface area contributed by atoms with Crippen molar-refractivity contribution >= 4 is 5.97 Å². The third kappa shape index (κ3) is 3.08. The fourth-order valence-electron chi connectivity index (χ4n) is 8.57. The summed E-state index contributed by atoms with van der Waals surface area (Å²) in [6.07, 6.45) is 0.742. The number of ether oxygens (including phenoxy) is 1. The lowest BCUT2D eigenvalue weighted by Crippen LogP contribution is -2.66. The Morgan fingerprint density at radius 2 is 1.72 bits per heavy atom. The molecule has 0 amide bonds. The Morgan fingerprint density at radius 1 is 1.11 bits per heavy atom. The second-order valence-electron chi connectivity index (χ2n) is 12.6. The van der Waals surface area contributed by atoms with Crippen LogP contribution in [0.2, 0.25) is 0 Å². The lowest BCUT2D eigenvalue weighted by Gasteiger charge is -2.52. The first kappa shape index (κ1) is 25.7. The molecule has 2 saturated carbocycles. The number of hydrogen-bond acceptors (Lipinski definition) is 6. The van der Waals surface area contributed by atoms with Gasteiger partial charge >= 0.3 is 5.97 Å². The smallest absolute Gasteiger partial charge is 0.339 e. The zero-order valence-electron chi connectivity index (χ0n) is 22.4. The number of fused-ring (bicyclic) bond motifs is 3. The molecule has 0 saturated heterocycles. The Hall–Kier alpha value is -1.99. The third-order valence-electron chi connectivity index (χ3n) is 10.3. The van der Waals surface area contributed by atoms with Crippen molar-refractivity contribution in [3.63, 3.8) is 0 Å². The van der Waals surface area contributed by atoms with E-state index in [1.807, 2.05) is 45.9 Å². The van der Waals surface area contributed by atoms with Gasteiger partial charge in [-0.15, -0.1) is 0 Å². The first-order valence-corrected chi connectivity index (χ1v) is 13.1. The van der Waals surface area contributed by atoms with E-state index in [-0.39, 0.29) is 28.7 Å². The predicted molar refractivity (Wildman–Crippen MR) is 136 cm³/mol.